The van der Waals surface area contributed by atoms with E-state index in [1.807, 2.05) is 6.92 Å². The van der Waals surface area contributed by atoms with Crippen molar-refractivity contribution in [1.29, 1.82) is 0 Å². The minimum Gasteiger partial charge on any atom is -0.459 e. The second kappa shape index (κ2) is 11.5. The predicted molar refractivity (Wildman–Crippen MR) is 123 cm³/mol. The molecule has 0 aromatic carbocycles. The van der Waals surface area contributed by atoms with Crippen molar-refractivity contribution in [3.8, 4) is 0 Å². The highest BCUT2D eigenvalue weighted by Crippen LogP contribution is 2.39. The lowest BCUT2D eigenvalue weighted by Gasteiger charge is -2.46. The van der Waals surface area contributed by atoms with Gasteiger partial charge in [0, 0.05) is 24.7 Å². The molecule has 174 valence electrons. The van der Waals surface area contributed by atoms with Crippen LogP contribution < -0.4 is 5.32 Å². The summed E-state index contributed by atoms with van der Waals surface area (Å²) in [6, 6.07) is -0.251. The quantitative estimate of drug-likeness (QED) is 0.355. The zero-order valence-corrected chi connectivity index (χ0v) is 19.9. The highest BCUT2D eigenvalue weighted by Gasteiger charge is 2.51. The van der Waals surface area contributed by atoms with E-state index < -0.39 is 5.79 Å². The first-order valence-electron chi connectivity index (χ1n) is 11.7. The summed E-state index contributed by atoms with van der Waals surface area (Å²) in [7, 11) is 0. The second-order valence-electron chi connectivity index (χ2n) is 9.06. The van der Waals surface area contributed by atoms with E-state index in [1.54, 1.807) is 6.08 Å². The van der Waals surface area contributed by atoms with Crippen molar-refractivity contribution in [3.63, 3.8) is 0 Å². The van der Waals surface area contributed by atoms with Gasteiger partial charge < -0.3 is 19.5 Å². The normalized spacial score (nSPS) is 36.8. The van der Waals surface area contributed by atoms with Gasteiger partial charge in [0.05, 0.1) is 18.8 Å². The zero-order chi connectivity index (χ0) is 22.3. The lowest BCUT2D eigenvalue weighted by molar-refractivity contribution is -0.306. The summed E-state index contributed by atoms with van der Waals surface area (Å²) < 4.78 is 18.9. The average molecular weight is 452 g/mol. The SMILES string of the molecule is CCCCO[C@]1([C@@H]2CSC(=O)N2)C[C@H]2C[C@@H](CC[C@H](C)C=CCC/C(C)=C\C(=O)O2)O1. The van der Waals surface area contributed by atoms with E-state index in [0.29, 0.717) is 31.1 Å². The molecular formula is C24H37NO5S. The predicted octanol–water partition coefficient (Wildman–Crippen LogP) is 5.13. The van der Waals surface area contributed by atoms with E-state index in [2.05, 4.69) is 31.3 Å². The fourth-order valence-corrected chi connectivity index (χ4v) is 5.30. The Labute approximate surface area is 190 Å². The van der Waals surface area contributed by atoms with Crippen LogP contribution in [0.4, 0.5) is 4.79 Å². The molecule has 1 N–H and O–H groups in total. The zero-order valence-electron chi connectivity index (χ0n) is 19.1. The van der Waals surface area contributed by atoms with Crippen LogP contribution in [-0.4, -0.2) is 47.6 Å². The molecule has 3 rings (SSSR count). The Balaban J connectivity index is 1.85. The number of unbranched alkanes of at least 4 members (excludes halogenated alkanes) is 1. The molecule has 0 saturated carbocycles. The maximum Gasteiger partial charge on any atom is 0.330 e. The van der Waals surface area contributed by atoms with Gasteiger partial charge in [0.25, 0.3) is 5.24 Å². The summed E-state index contributed by atoms with van der Waals surface area (Å²) in [4.78, 5) is 24.6. The van der Waals surface area contributed by atoms with Gasteiger partial charge in [-0.15, -0.1) is 0 Å². The number of ether oxygens (including phenoxy) is 3. The number of esters is 1. The summed E-state index contributed by atoms with van der Waals surface area (Å²) >= 11 is 1.26. The monoisotopic (exact) mass is 451 g/mol. The van der Waals surface area contributed by atoms with E-state index in [4.69, 9.17) is 14.2 Å². The van der Waals surface area contributed by atoms with Crippen LogP contribution in [0.15, 0.2) is 23.8 Å². The lowest BCUT2D eigenvalue weighted by atomic mass is 9.90. The molecule has 2 fully saturated rings. The van der Waals surface area contributed by atoms with Gasteiger partial charge in [0.2, 0.25) is 0 Å². The smallest absolute Gasteiger partial charge is 0.330 e. The van der Waals surface area contributed by atoms with E-state index in [1.165, 1.54) is 11.8 Å². The Kier molecular flexibility index (Phi) is 9.05. The van der Waals surface area contributed by atoms with E-state index in [9.17, 15) is 9.59 Å². The number of fused-ring (bicyclic) bond motifs is 2. The highest BCUT2D eigenvalue weighted by atomic mass is 32.2. The van der Waals surface area contributed by atoms with Crippen molar-refractivity contribution < 1.29 is 23.8 Å². The Bertz CT molecular complexity index is 693. The van der Waals surface area contributed by atoms with E-state index in [0.717, 1.165) is 44.1 Å². The Morgan fingerprint density at radius 1 is 1.29 bits per heavy atom. The molecule has 0 radical (unpaired) electrons. The number of amides is 1. The summed E-state index contributed by atoms with van der Waals surface area (Å²) in [5.41, 5.74) is 1.02. The van der Waals surface area contributed by atoms with Gasteiger partial charge in [-0.25, -0.2) is 4.79 Å². The molecule has 3 aliphatic rings. The number of hydrogen-bond acceptors (Lipinski definition) is 6. The molecule has 6 nitrogen and oxygen atoms in total. The van der Waals surface area contributed by atoms with Gasteiger partial charge in [-0.3, -0.25) is 4.79 Å². The van der Waals surface area contributed by atoms with Crippen molar-refractivity contribution in [2.45, 2.75) is 96.2 Å². The Morgan fingerprint density at radius 2 is 2.13 bits per heavy atom. The molecule has 0 aromatic heterocycles. The van der Waals surface area contributed by atoms with Gasteiger partial charge >= 0.3 is 5.97 Å². The average Bonchev–Trinajstić information content (AvgIpc) is 3.16. The summed E-state index contributed by atoms with van der Waals surface area (Å²) in [6.07, 6.45) is 12.3. The molecule has 0 aromatic rings. The lowest BCUT2D eigenvalue weighted by Crippen LogP contribution is -2.60. The summed E-state index contributed by atoms with van der Waals surface area (Å²) in [6.45, 7) is 6.87. The third-order valence-electron chi connectivity index (χ3n) is 6.21. The number of thioether (sulfide) groups is 1. The molecule has 2 saturated heterocycles. The molecule has 1 amide bonds. The minimum absolute atomic E-state index is 0.0535. The fraction of sp³-hybridized carbons (Fsp3) is 0.750. The molecule has 7 heteroatoms. The van der Waals surface area contributed by atoms with E-state index >= 15 is 0 Å². The van der Waals surface area contributed by atoms with Gasteiger partial charge in [0.15, 0.2) is 5.79 Å². The molecule has 3 aliphatic heterocycles. The van der Waals surface area contributed by atoms with Gasteiger partial charge in [-0.2, -0.15) is 0 Å². The molecule has 31 heavy (non-hydrogen) atoms. The van der Waals surface area contributed by atoms with Gasteiger partial charge in [-0.05, 0) is 44.9 Å². The minimum atomic E-state index is -0.961. The Hall–Kier alpha value is -1.31. The van der Waals surface area contributed by atoms with Crippen LogP contribution >= 0.6 is 11.8 Å². The van der Waals surface area contributed by atoms with Crippen LogP contribution in [0.1, 0.15) is 72.1 Å². The first-order valence-corrected chi connectivity index (χ1v) is 12.7. The van der Waals surface area contributed by atoms with Crippen molar-refractivity contribution in [1.82, 2.24) is 5.32 Å². The van der Waals surface area contributed by atoms with Crippen molar-refractivity contribution in [2.75, 3.05) is 12.4 Å². The van der Waals surface area contributed by atoms with Crippen LogP contribution in [0.5, 0.6) is 0 Å². The van der Waals surface area contributed by atoms with Gasteiger partial charge in [0.1, 0.15) is 6.10 Å². The summed E-state index contributed by atoms with van der Waals surface area (Å²) in [5.74, 6) is -0.214. The molecule has 0 unspecified atom stereocenters. The first kappa shape index (κ1) is 24.3. The second-order valence-corrected chi connectivity index (χ2v) is 10.1. The van der Waals surface area contributed by atoms with Crippen molar-refractivity contribution >= 4 is 23.0 Å². The molecule has 3 heterocycles. The van der Waals surface area contributed by atoms with Crippen molar-refractivity contribution in [2.24, 2.45) is 5.92 Å². The van der Waals surface area contributed by atoms with Crippen LogP contribution in [0, 0.1) is 5.92 Å². The molecule has 0 spiro atoms. The van der Waals surface area contributed by atoms with E-state index in [-0.39, 0.29) is 29.5 Å². The number of carbonyl (C=O) groups is 2. The number of hydrogen-bond donors (Lipinski definition) is 1. The standard InChI is InChI=1S/C24H37NO5S/c1-4-5-12-28-24(21-16-31-23(27)25-21)15-20-14-19(30-24)11-10-17(2)8-6-7-9-18(3)13-22(26)29-20/h6,8,13,17,19-21H,4-5,7,9-12,14-16H2,1-3H3,(H,25,27)/b8-6?,18-13-/t17-,19-,20-,21+,24-/m1/s1. The van der Waals surface area contributed by atoms with Gasteiger partial charge in [-0.1, -0.05) is 49.8 Å². The number of carbonyl (C=O) groups excluding carboxylic acids is 2. The number of allylic oxidation sites excluding steroid dienone is 3. The highest BCUT2D eigenvalue weighted by molar-refractivity contribution is 8.14. The maximum absolute atomic E-state index is 12.6. The number of rotatable bonds is 5. The topological polar surface area (TPSA) is 73.9 Å². The molecule has 5 atom stereocenters. The molecular weight excluding hydrogens is 414 g/mol. The first-order chi connectivity index (χ1) is 14.9. The number of nitrogens with one attached hydrogen (secondary N) is 1. The van der Waals surface area contributed by atoms with Crippen LogP contribution in [-0.2, 0) is 19.0 Å². The molecule has 2 bridgehead atoms. The largest absolute Gasteiger partial charge is 0.459 e. The van der Waals surface area contributed by atoms with Crippen LogP contribution in [0.25, 0.3) is 0 Å². The molecule has 0 aliphatic carbocycles. The third kappa shape index (κ3) is 7.09. The Morgan fingerprint density at radius 3 is 2.87 bits per heavy atom. The maximum atomic E-state index is 12.6. The third-order valence-corrected chi connectivity index (χ3v) is 7.09. The summed E-state index contributed by atoms with van der Waals surface area (Å²) in [5, 5.41) is 2.97. The fourth-order valence-electron chi connectivity index (χ4n) is 4.42. The van der Waals surface area contributed by atoms with Crippen molar-refractivity contribution in [3.05, 3.63) is 23.8 Å². The van der Waals surface area contributed by atoms with Crippen LogP contribution in [0.2, 0.25) is 0 Å². The van der Waals surface area contributed by atoms with Crippen LogP contribution in [0.3, 0.4) is 0 Å².